The number of likely N-dealkylation sites (tertiary alicyclic amines) is 3. The van der Waals surface area contributed by atoms with E-state index in [1.54, 1.807) is 22.8 Å². The number of anilines is 6. The van der Waals surface area contributed by atoms with Crippen molar-refractivity contribution >= 4 is 200 Å². The van der Waals surface area contributed by atoms with Gasteiger partial charge >= 0.3 is 18.0 Å². The first-order chi connectivity index (χ1) is 67.2. The van der Waals surface area contributed by atoms with Gasteiger partial charge in [0.1, 0.15) is 54.5 Å². The van der Waals surface area contributed by atoms with Crippen molar-refractivity contribution in [1.82, 2.24) is 64.2 Å². The fourth-order valence-corrected chi connectivity index (χ4v) is 22.7. The summed E-state index contributed by atoms with van der Waals surface area (Å²) in [7, 11) is 4.05. The number of hydrogen-bond acceptors (Lipinski definition) is 24. The van der Waals surface area contributed by atoms with Crippen LogP contribution in [0.25, 0.3) is 46.9 Å². The van der Waals surface area contributed by atoms with Gasteiger partial charge in [0.05, 0.1) is 84.3 Å². The predicted octanol–water partition coefficient (Wildman–Crippen LogP) is 14.4. The van der Waals surface area contributed by atoms with Gasteiger partial charge < -0.3 is 87.2 Å². The van der Waals surface area contributed by atoms with Gasteiger partial charge in [-0.3, -0.25) is 29.1 Å². The highest BCUT2D eigenvalue weighted by Crippen LogP contribution is 2.44. The number of piperazine rings is 3. The SMILES string of the molecule is C.S.S.S.S.S.S.[C-]#[N+]C[C@H]1CN(c2nc(OCCCN3C[C@@H]4C[C@H]3CO4)nc3c2CCN(c2cccc4cccc(Cl)c24)C3)CCN1C(=O)C=C.[C-]#[N+]C[C@H]1CN(c2nc(OC[C@@H]3CC(C)(F)CN3C)nc3c2CCN(c2cccc4cccc(Cl)c24)C3)CCN1C(=O)C=C.[C-]#[N+]C[C@H]1CN(c2nc(OC[C@@H]3CCCN3C)nc3c2CCN(c2cccc4cccc(Cl)c24)C3)CCN1C(=O)/C=C/CN1CCOCC1. The van der Waals surface area contributed by atoms with E-state index in [0.29, 0.717) is 146 Å². The van der Waals surface area contributed by atoms with Gasteiger partial charge in [0, 0.05) is 198 Å². The number of alkyl halides is 1. The molecule has 11 aliphatic rings. The number of ether oxygens (including phenoxy) is 5. The first-order valence-corrected chi connectivity index (χ1v) is 49.5. The maximum atomic E-state index is 14.7. The lowest BCUT2D eigenvalue weighted by Gasteiger charge is -2.41. The highest BCUT2D eigenvalue weighted by Gasteiger charge is 2.44. The second kappa shape index (κ2) is 52.9. The van der Waals surface area contributed by atoms with Crippen LogP contribution in [0.1, 0.15) is 80.2 Å². The van der Waals surface area contributed by atoms with Crippen molar-refractivity contribution in [3.05, 3.63) is 230 Å². The van der Waals surface area contributed by atoms with Crippen LogP contribution in [0, 0.1) is 19.7 Å². The fraction of sp³-hybridized carbons (Fsp3) is 0.486. The van der Waals surface area contributed by atoms with Gasteiger partial charge in [-0.1, -0.05) is 134 Å². The molecule has 778 valence electrons. The number of rotatable bonds is 25. The monoisotopic (exact) mass is 2150 g/mol. The number of hydrogen-bond donors (Lipinski definition) is 0. The minimum Gasteiger partial charge on any atom is -0.463 e. The van der Waals surface area contributed by atoms with Gasteiger partial charge in [0.25, 0.3) is 0 Å². The van der Waals surface area contributed by atoms with Gasteiger partial charge in [-0.05, 0) is 137 Å². The Morgan fingerprint density at radius 2 is 0.910 bits per heavy atom. The number of halogens is 4. The molecule has 20 rings (SSSR count). The number of aromatic nitrogens is 6. The fourth-order valence-electron chi connectivity index (χ4n) is 21.9. The predicted molar refractivity (Wildman–Crippen MR) is 608 cm³/mol. The molecule has 1 unspecified atom stereocenters. The summed E-state index contributed by atoms with van der Waals surface area (Å²) in [5.41, 5.74) is 7.96. The molecule has 30 nitrogen and oxygen atoms in total. The van der Waals surface area contributed by atoms with E-state index in [4.69, 9.17) is 108 Å². The molecule has 8 atom stereocenters. The Bertz CT molecular complexity index is 6170. The summed E-state index contributed by atoms with van der Waals surface area (Å²) in [6.07, 6.45) is 13.5. The van der Waals surface area contributed by atoms with E-state index in [0.717, 1.165) is 228 Å². The van der Waals surface area contributed by atoms with Crippen LogP contribution in [0.2, 0.25) is 15.1 Å². The van der Waals surface area contributed by atoms with Gasteiger partial charge in [-0.15, -0.1) is 0 Å². The van der Waals surface area contributed by atoms with E-state index < -0.39 is 5.67 Å². The zero-order valence-electron chi connectivity index (χ0n) is 81.9. The molecular weight excluding hydrogens is 2020 g/mol. The Balaban J connectivity index is 0.000000203. The lowest BCUT2D eigenvalue weighted by molar-refractivity contribution is -0.129. The zero-order chi connectivity index (χ0) is 95.7. The minimum absolute atomic E-state index is 0. The number of nitrogens with zero attached hydrogens (tertiary/aromatic N) is 22. The highest BCUT2D eigenvalue weighted by molar-refractivity contribution is 7.60. The van der Waals surface area contributed by atoms with E-state index in [2.05, 4.69) is 146 Å². The van der Waals surface area contributed by atoms with Crippen LogP contribution >= 0.6 is 116 Å². The summed E-state index contributed by atoms with van der Waals surface area (Å²) < 4.78 is 44.7. The quantitative estimate of drug-likeness (QED) is 0.0294. The van der Waals surface area contributed by atoms with Gasteiger partial charge in [0.15, 0.2) is 0 Å². The standard InChI is InChI=1S/C37H45ClN8O3.C34H38ClN7O3.C33H37ClFN7O2.CH4.6H2S/c1-39-23-29-24-45(17-18-46(29)34(47)12-6-15-43-19-21-48-22-20-43)36-30-13-16-44(33-11-4-8-27-7-3-10-31(38)35(27)33)25-32(30)40-37(41-36)49-26-28-9-5-14-42(28)2;1-3-31(43)42-15-14-41(19-25(42)18-36-2)33-27-11-13-40(30-10-5-8-23-7-4-9-28(35)32(23)30)21-29(27)37-34(38-33)44-16-6-12-39-20-26-17-24(39)22-45-26;1-5-29(43)42-15-14-41(18-24(42)17-36-3)31-25-12-13-40(28-11-7-9-22-8-6-10-26(34)30(22)28)19-27(25)37-32(38-31)44-20-23-16-33(2,35)21-39(23)4;;;;;;;/h3-4,6-8,10-12,28-29H,5,9,13-26H2,2H3;3-5,7-10,24-26H,1,6,11-22H2;5-11,23-24H,1,12-21H2,2,4H3;1H4;6*1H2/b12-6+;;;;;;;;;/t28-,29-;24-,25-,26-;23-,24-,33?;;;;;;;/m000......./s1. The number of morpholine rings is 2. The molecule has 14 heterocycles. The number of amides is 3. The summed E-state index contributed by atoms with van der Waals surface area (Å²) in [4.78, 5) is 107. The van der Waals surface area contributed by atoms with Crippen molar-refractivity contribution < 1.29 is 42.5 Å². The number of carbonyl (C=O) groups excluding carboxylic acids is 3. The lowest BCUT2D eigenvalue weighted by atomic mass is 10.0. The molecule has 0 saturated carbocycles. The molecule has 3 amide bonds. The van der Waals surface area contributed by atoms with Crippen LogP contribution in [-0.2, 0) is 62.8 Å². The molecule has 145 heavy (non-hydrogen) atoms. The molecule has 3 aromatic heterocycles. The smallest absolute Gasteiger partial charge is 0.318 e. The van der Waals surface area contributed by atoms with Crippen molar-refractivity contribution in [2.75, 3.05) is 227 Å². The third-order valence-electron chi connectivity index (χ3n) is 28.9. The number of carbonyl (C=O) groups is 3. The van der Waals surface area contributed by atoms with Crippen LogP contribution in [-0.4, -0.2) is 328 Å². The van der Waals surface area contributed by atoms with Gasteiger partial charge in [-0.25, -0.2) is 24.1 Å². The molecule has 40 heteroatoms. The Morgan fingerprint density at radius 1 is 0.503 bits per heavy atom. The maximum absolute atomic E-state index is 14.7. The van der Waals surface area contributed by atoms with Gasteiger partial charge in [0.2, 0.25) is 37.4 Å². The van der Waals surface area contributed by atoms with Crippen molar-refractivity contribution in [1.29, 1.82) is 0 Å². The van der Waals surface area contributed by atoms with E-state index in [9.17, 15) is 18.8 Å². The van der Waals surface area contributed by atoms with E-state index in [1.165, 1.54) is 12.2 Å². The largest absolute Gasteiger partial charge is 0.463 e. The van der Waals surface area contributed by atoms with Crippen LogP contribution < -0.4 is 43.6 Å². The summed E-state index contributed by atoms with van der Waals surface area (Å²) >= 11 is 20.1. The van der Waals surface area contributed by atoms with Crippen molar-refractivity contribution in [2.45, 2.75) is 133 Å². The Hall–Kier alpha value is -9.70. The van der Waals surface area contributed by atoms with Crippen molar-refractivity contribution in [3.63, 3.8) is 0 Å². The second-order valence-electron chi connectivity index (χ2n) is 37.9. The number of fused-ring (bicyclic) bond motifs is 8. The first kappa shape index (κ1) is 116. The van der Waals surface area contributed by atoms with E-state index in [1.807, 2.05) is 65.4 Å². The highest BCUT2D eigenvalue weighted by atomic mass is 35.5. The molecule has 2 bridgehead atoms. The topological polar surface area (TPSA) is 230 Å². The summed E-state index contributed by atoms with van der Waals surface area (Å²) in [5.74, 6) is 2.13. The Morgan fingerprint density at radius 3 is 1.28 bits per heavy atom. The first-order valence-electron chi connectivity index (χ1n) is 48.3. The normalized spacial score (nSPS) is 21.8. The molecule has 6 aromatic carbocycles. The molecule has 0 aliphatic carbocycles. The second-order valence-corrected chi connectivity index (χ2v) is 39.1. The van der Waals surface area contributed by atoms with Gasteiger partial charge in [-0.2, -0.15) is 111 Å². The van der Waals surface area contributed by atoms with E-state index in [-0.39, 0.29) is 163 Å². The van der Waals surface area contributed by atoms with Crippen molar-refractivity contribution in [2.24, 2.45) is 0 Å². The minimum atomic E-state index is -1.26. The van der Waals surface area contributed by atoms with Crippen molar-refractivity contribution in [3.8, 4) is 18.0 Å². The van der Waals surface area contributed by atoms with E-state index >= 15 is 0 Å². The molecule has 0 spiro atoms. The van der Waals surface area contributed by atoms with Crippen LogP contribution in [0.5, 0.6) is 18.0 Å². The molecule has 8 saturated heterocycles. The number of benzene rings is 6. The molecule has 0 N–H and O–H groups in total. The van der Waals surface area contributed by atoms with Crippen LogP contribution in [0.3, 0.4) is 0 Å². The average molecular weight is 2150 g/mol. The lowest BCUT2D eigenvalue weighted by Crippen LogP contribution is -2.56. The average Bonchev–Trinajstić information content (AvgIpc) is 1.46. The molecule has 11 aliphatic heterocycles. The third-order valence-corrected chi connectivity index (χ3v) is 29.9. The molecular formula is C105H136Cl3FN22O8S6. The third kappa shape index (κ3) is 26.6. The maximum Gasteiger partial charge on any atom is 0.318 e. The Labute approximate surface area is 908 Å². The summed E-state index contributed by atoms with van der Waals surface area (Å²) in [5, 5.41) is 8.56. The van der Waals surface area contributed by atoms with Crippen LogP contribution in [0.15, 0.2) is 147 Å². The zero-order valence-corrected chi connectivity index (χ0v) is 90.1. The summed E-state index contributed by atoms with van der Waals surface area (Å²) in [6.45, 7) is 50.6. The molecule has 8 fully saturated rings. The molecule has 9 aromatic rings. The Kier molecular flexibility index (Phi) is 42.2. The molecule has 0 radical (unpaired) electrons. The van der Waals surface area contributed by atoms with Crippen LogP contribution in [0.4, 0.5) is 38.9 Å². The summed E-state index contributed by atoms with van der Waals surface area (Å²) in [6, 6.07) is 37.8. The number of likely N-dealkylation sites (N-methyl/N-ethyl adjacent to an activating group) is 2.